The lowest BCUT2D eigenvalue weighted by Crippen LogP contribution is -2.41. The van der Waals surface area contributed by atoms with E-state index in [0.29, 0.717) is 5.56 Å². The number of furan rings is 1. The second-order valence-corrected chi connectivity index (χ2v) is 5.41. The van der Waals surface area contributed by atoms with Crippen LogP contribution in [0.5, 0.6) is 5.75 Å². The number of rotatable bonds is 4. The van der Waals surface area contributed by atoms with Crippen LogP contribution < -0.4 is 4.74 Å². The van der Waals surface area contributed by atoms with Gasteiger partial charge in [-0.2, -0.15) is 0 Å². The van der Waals surface area contributed by atoms with Crippen molar-refractivity contribution in [2.45, 2.75) is 18.6 Å². The molecule has 1 aromatic heterocycles. The molecule has 3 rings (SSSR count). The van der Waals surface area contributed by atoms with Crippen molar-refractivity contribution in [2.75, 3.05) is 13.7 Å². The summed E-state index contributed by atoms with van der Waals surface area (Å²) < 4.78 is 29.0. The monoisotopic (exact) mass is 333 g/mol. The predicted octanol–water partition coefficient (Wildman–Crippen LogP) is 2.25. The van der Waals surface area contributed by atoms with Gasteiger partial charge in [-0.15, -0.1) is 0 Å². The molecule has 2 aromatic rings. The van der Waals surface area contributed by atoms with Crippen LogP contribution in [0.1, 0.15) is 16.8 Å². The Labute approximate surface area is 137 Å². The minimum atomic E-state index is -0.783. The second kappa shape index (κ2) is 6.74. The number of nitrogens with zero attached hydrogens (tertiary/aromatic N) is 1. The number of methoxy groups -OCH3 is 1. The number of amides is 1. The summed E-state index contributed by atoms with van der Waals surface area (Å²) in [6.07, 6.45) is 2.40. The van der Waals surface area contributed by atoms with Gasteiger partial charge in [0, 0.05) is 6.42 Å². The Hall–Kier alpha value is -2.83. The molecular formula is C17H16FNO5. The van der Waals surface area contributed by atoms with E-state index in [-0.39, 0.29) is 24.6 Å². The number of esters is 1. The molecular weight excluding hydrogens is 317 g/mol. The Morgan fingerprint density at radius 1 is 1.29 bits per heavy atom. The first-order valence-electron chi connectivity index (χ1n) is 7.42. The Morgan fingerprint density at radius 3 is 2.75 bits per heavy atom. The van der Waals surface area contributed by atoms with Gasteiger partial charge in [-0.1, -0.05) is 12.1 Å². The zero-order valence-electron chi connectivity index (χ0n) is 13.0. The van der Waals surface area contributed by atoms with E-state index in [1.807, 2.05) is 0 Å². The van der Waals surface area contributed by atoms with Crippen LogP contribution in [0, 0.1) is 5.82 Å². The number of ether oxygens (including phenoxy) is 2. The van der Waals surface area contributed by atoms with Gasteiger partial charge in [0.1, 0.15) is 18.4 Å². The van der Waals surface area contributed by atoms with Gasteiger partial charge in [-0.05, 0) is 18.2 Å². The quantitative estimate of drug-likeness (QED) is 0.803. The van der Waals surface area contributed by atoms with Crippen LogP contribution in [-0.4, -0.2) is 42.6 Å². The summed E-state index contributed by atoms with van der Waals surface area (Å²) in [5, 5.41) is 0. The Morgan fingerprint density at radius 2 is 2.08 bits per heavy atom. The normalized spacial score (nSPS) is 20.0. The van der Waals surface area contributed by atoms with Gasteiger partial charge in [0.05, 0.1) is 25.5 Å². The molecule has 0 aliphatic carbocycles. The summed E-state index contributed by atoms with van der Waals surface area (Å²) in [4.78, 5) is 25.9. The molecule has 0 bridgehead atoms. The van der Waals surface area contributed by atoms with Gasteiger partial charge in [0.15, 0.2) is 11.6 Å². The van der Waals surface area contributed by atoms with Crippen LogP contribution in [0.4, 0.5) is 4.39 Å². The van der Waals surface area contributed by atoms with Gasteiger partial charge in [0.2, 0.25) is 0 Å². The summed E-state index contributed by atoms with van der Waals surface area (Å²) >= 11 is 0. The number of halogens is 1. The van der Waals surface area contributed by atoms with Crippen molar-refractivity contribution < 1.29 is 27.9 Å². The highest BCUT2D eigenvalue weighted by Crippen LogP contribution is 2.27. The number of carbonyl (C=O) groups excluding carboxylic acids is 2. The number of benzene rings is 1. The molecule has 1 fully saturated rings. The lowest BCUT2D eigenvalue weighted by atomic mass is 10.2. The van der Waals surface area contributed by atoms with E-state index >= 15 is 0 Å². The fourth-order valence-electron chi connectivity index (χ4n) is 2.74. The minimum Gasteiger partial charge on any atom is -0.485 e. The van der Waals surface area contributed by atoms with Gasteiger partial charge in [0.25, 0.3) is 5.91 Å². The molecule has 1 amide bonds. The van der Waals surface area contributed by atoms with Crippen molar-refractivity contribution in [1.29, 1.82) is 0 Å². The van der Waals surface area contributed by atoms with E-state index in [1.54, 1.807) is 12.1 Å². The van der Waals surface area contributed by atoms with Gasteiger partial charge >= 0.3 is 5.97 Å². The zero-order valence-corrected chi connectivity index (χ0v) is 13.0. The standard InChI is InChI=1S/C17H16FNO5/c1-22-17(21)14-8-12(24-15-5-3-2-4-13(15)18)9-19(14)16(20)11-6-7-23-10-11/h2-7,10,12,14H,8-9H2,1H3/t12-,14-/m0/s1. The van der Waals surface area contributed by atoms with Crippen molar-refractivity contribution in [1.82, 2.24) is 4.90 Å². The Balaban J connectivity index is 1.79. The Bertz CT molecular complexity index is 730. The summed E-state index contributed by atoms with van der Waals surface area (Å²) in [5.74, 6) is -1.30. The molecule has 0 saturated carbocycles. The highest BCUT2D eigenvalue weighted by Gasteiger charge is 2.42. The SMILES string of the molecule is COC(=O)[C@@H]1C[C@H](Oc2ccccc2F)CN1C(=O)c1ccoc1. The van der Waals surface area contributed by atoms with Crippen molar-refractivity contribution >= 4 is 11.9 Å². The van der Waals surface area contributed by atoms with E-state index < -0.39 is 23.9 Å². The fraction of sp³-hybridized carbons (Fsp3) is 0.294. The van der Waals surface area contributed by atoms with Crippen LogP contribution in [0.25, 0.3) is 0 Å². The van der Waals surface area contributed by atoms with E-state index in [9.17, 15) is 14.0 Å². The smallest absolute Gasteiger partial charge is 0.328 e. The third kappa shape index (κ3) is 3.10. The van der Waals surface area contributed by atoms with Crippen LogP contribution in [-0.2, 0) is 9.53 Å². The molecule has 126 valence electrons. The summed E-state index contributed by atoms with van der Waals surface area (Å²) in [6.45, 7) is 0.151. The van der Waals surface area contributed by atoms with Crippen LogP contribution in [0.3, 0.4) is 0 Å². The zero-order chi connectivity index (χ0) is 17.1. The van der Waals surface area contributed by atoms with Crippen molar-refractivity contribution in [3.8, 4) is 5.75 Å². The molecule has 2 heterocycles. The maximum atomic E-state index is 13.7. The summed E-state index contributed by atoms with van der Waals surface area (Å²) in [5.41, 5.74) is 0.329. The number of carbonyl (C=O) groups is 2. The van der Waals surface area contributed by atoms with Gasteiger partial charge in [-0.3, -0.25) is 4.79 Å². The first-order valence-corrected chi connectivity index (χ1v) is 7.42. The lowest BCUT2D eigenvalue weighted by Gasteiger charge is -2.21. The third-order valence-corrected chi connectivity index (χ3v) is 3.90. The molecule has 1 aromatic carbocycles. The van der Waals surface area contributed by atoms with Crippen LogP contribution in [0.2, 0.25) is 0 Å². The number of para-hydroxylation sites is 1. The van der Waals surface area contributed by atoms with E-state index in [0.717, 1.165) is 0 Å². The molecule has 1 saturated heterocycles. The first kappa shape index (κ1) is 16.0. The van der Waals surface area contributed by atoms with Crippen LogP contribution in [0.15, 0.2) is 47.3 Å². The highest BCUT2D eigenvalue weighted by molar-refractivity contribution is 5.96. The minimum absolute atomic E-state index is 0.0868. The van der Waals surface area contributed by atoms with E-state index in [1.165, 1.54) is 42.7 Å². The average Bonchev–Trinajstić information content (AvgIpc) is 3.25. The Kier molecular flexibility index (Phi) is 4.50. The van der Waals surface area contributed by atoms with Gasteiger partial charge in [-0.25, -0.2) is 9.18 Å². The summed E-state index contributed by atoms with van der Waals surface area (Å²) in [7, 11) is 1.26. The molecule has 0 N–H and O–H groups in total. The molecule has 1 aliphatic heterocycles. The van der Waals surface area contributed by atoms with Crippen molar-refractivity contribution in [3.63, 3.8) is 0 Å². The largest absolute Gasteiger partial charge is 0.485 e. The number of hydrogen-bond acceptors (Lipinski definition) is 5. The average molecular weight is 333 g/mol. The molecule has 0 spiro atoms. The maximum absolute atomic E-state index is 13.7. The predicted molar refractivity (Wildman–Crippen MR) is 81.0 cm³/mol. The molecule has 1 aliphatic rings. The molecule has 7 heteroatoms. The van der Waals surface area contributed by atoms with Crippen molar-refractivity contribution in [3.05, 3.63) is 54.2 Å². The van der Waals surface area contributed by atoms with Gasteiger partial charge < -0.3 is 18.8 Å². The van der Waals surface area contributed by atoms with Crippen molar-refractivity contribution in [2.24, 2.45) is 0 Å². The molecule has 24 heavy (non-hydrogen) atoms. The molecule has 0 unspecified atom stereocenters. The molecule has 2 atom stereocenters. The van der Waals surface area contributed by atoms with Crippen LogP contribution >= 0.6 is 0 Å². The number of hydrogen-bond donors (Lipinski definition) is 0. The maximum Gasteiger partial charge on any atom is 0.328 e. The highest BCUT2D eigenvalue weighted by atomic mass is 19.1. The number of likely N-dealkylation sites (tertiary alicyclic amines) is 1. The third-order valence-electron chi connectivity index (χ3n) is 3.90. The lowest BCUT2D eigenvalue weighted by molar-refractivity contribution is -0.145. The molecule has 6 nitrogen and oxygen atoms in total. The van der Waals surface area contributed by atoms with E-state index in [4.69, 9.17) is 13.9 Å². The fourth-order valence-corrected chi connectivity index (χ4v) is 2.74. The van der Waals surface area contributed by atoms with E-state index in [2.05, 4.69) is 0 Å². The molecule has 0 radical (unpaired) electrons. The topological polar surface area (TPSA) is 69.0 Å². The first-order chi connectivity index (χ1) is 11.6. The second-order valence-electron chi connectivity index (χ2n) is 5.41. The summed E-state index contributed by atoms with van der Waals surface area (Å²) in [6, 6.07) is 6.73.